The Bertz CT molecular complexity index is 940. The van der Waals surface area contributed by atoms with Gasteiger partial charge in [-0.15, -0.1) is 0 Å². The number of esters is 1. The summed E-state index contributed by atoms with van der Waals surface area (Å²) in [4.78, 5) is 37.6. The standard InChI is InChI=1S/C18H12BrClN2O4/c1-26-18(25)10-6-8-11(9-7-10)22-16(23)14(20)15(17(22)24)21-13-5-3-2-4-12(13)19/h2-9,21H,1H3. The van der Waals surface area contributed by atoms with Gasteiger partial charge in [-0.2, -0.15) is 0 Å². The van der Waals surface area contributed by atoms with Gasteiger partial charge in [0.2, 0.25) is 0 Å². The molecule has 2 amide bonds. The normalized spacial score (nSPS) is 14.0. The number of nitrogens with zero attached hydrogens (tertiary/aromatic N) is 1. The molecule has 1 heterocycles. The highest BCUT2D eigenvalue weighted by Crippen LogP contribution is 2.32. The second-order valence-electron chi connectivity index (χ2n) is 5.28. The van der Waals surface area contributed by atoms with Crippen LogP contribution in [0, 0.1) is 0 Å². The zero-order chi connectivity index (χ0) is 18.8. The van der Waals surface area contributed by atoms with Crippen LogP contribution in [0.25, 0.3) is 0 Å². The average molecular weight is 436 g/mol. The molecule has 0 unspecified atom stereocenters. The molecule has 1 aliphatic heterocycles. The summed E-state index contributed by atoms with van der Waals surface area (Å²) in [5.74, 6) is -1.73. The predicted octanol–water partition coefficient (Wildman–Crippen LogP) is 3.67. The monoisotopic (exact) mass is 434 g/mol. The number of amides is 2. The van der Waals surface area contributed by atoms with Gasteiger partial charge in [-0.1, -0.05) is 23.7 Å². The van der Waals surface area contributed by atoms with E-state index in [0.717, 1.165) is 9.37 Å². The fraction of sp³-hybridized carbons (Fsp3) is 0.0556. The van der Waals surface area contributed by atoms with E-state index in [-0.39, 0.29) is 10.7 Å². The maximum Gasteiger partial charge on any atom is 0.337 e. The maximum absolute atomic E-state index is 12.7. The van der Waals surface area contributed by atoms with Crippen molar-refractivity contribution in [3.8, 4) is 0 Å². The average Bonchev–Trinajstić information content (AvgIpc) is 2.86. The Kier molecular flexibility index (Phi) is 5.11. The molecule has 2 aromatic carbocycles. The Balaban J connectivity index is 1.88. The van der Waals surface area contributed by atoms with Crippen LogP contribution < -0.4 is 10.2 Å². The van der Waals surface area contributed by atoms with Crippen LogP contribution in [0.3, 0.4) is 0 Å². The molecule has 0 saturated carbocycles. The number of rotatable bonds is 4. The number of carbonyl (C=O) groups excluding carboxylic acids is 3. The Hall–Kier alpha value is -2.64. The summed E-state index contributed by atoms with van der Waals surface area (Å²) < 4.78 is 5.35. The van der Waals surface area contributed by atoms with E-state index in [1.165, 1.54) is 31.4 Å². The van der Waals surface area contributed by atoms with Gasteiger partial charge in [0.1, 0.15) is 10.7 Å². The topological polar surface area (TPSA) is 75.7 Å². The number of hydrogen-bond donors (Lipinski definition) is 1. The fourth-order valence-electron chi connectivity index (χ4n) is 2.41. The van der Waals surface area contributed by atoms with Crippen LogP contribution in [0.2, 0.25) is 0 Å². The quantitative estimate of drug-likeness (QED) is 0.586. The Labute approximate surface area is 162 Å². The maximum atomic E-state index is 12.7. The lowest BCUT2D eigenvalue weighted by Gasteiger charge is -2.15. The Morgan fingerprint density at radius 3 is 2.35 bits per heavy atom. The molecule has 0 radical (unpaired) electrons. The molecule has 6 nitrogen and oxygen atoms in total. The molecule has 2 aromatic rings. The number of imide groups is 1. The molecule has 1 N–H and O–H groups in total. The summed E-state index contributed by atoms with van der Waals surface area (Å²) in [6.45, 7) is 0. The third-order valence-corrected chi connectivity index (χ3v) is 4.75. The summed E-state index contributed by atoms with van der Waals surface area (Å²) in [5.41, 5.74) is 1.20. The smallest absolute Gasteiger partial charge is 0.337 e. The van der Waals surface area contributed by atoms with Gasteiger partial charge in [-0.25, -0.2) is 9.69 Å². The number of benzene rings is 2. The number of ether oxygens (including phenoxy) is 1. The lowest BCUT2D eigenvalue weighted by molar-refractivity contribution is -0.120. The van der Waals surface area contributed by atoms with E-state index < -0.39 is 17.8 Å². The molecule has 0 atom stereocenters. The van der Waals surface area contributed by atoms with Gasteiger partial charge in [0.15, 0.2) is 0 Å². The molecule has 0 spiro atoms. The van der Waals surface area contributed by atoms with Crippen LogP contribution in [0.5, 0.6) is 0 Å². The number of para-hydroxylation sites is 1. The first-order valence-electron chi connectivity index (χ1n) is 7.42. The SMILES string of the molecule is COC(=O)c1ccc(N2C(=O)C(Cl)=C(Nc3ccccc3Br)C2=O)cc1. The number of nitrogens with one attached hydrogen (secondary N) is 1. The molecule has 0 bridgehead atoms. The van der Waals surface area contributed by atoms with E-state index in [4.69, 9.17) is 11.6 Å². The van der Waals surface area contributed by atoms with E-state index in [1.54, 1.807) is 18.2 Å². The van der Waals surface area contributed by atoms with Crippen molar-refractivity contribution in [3.63, 3.8) is 0 Å². The zero-order valence-electron chi connectivity index (χ0n) is 13.5. The third kappa shape index (κ3) is 3.23. The van der Waals surface area contributed by atoms with Crippen molar-refractivity contribution < 1.29 is 19.1 Å². The van der Waals surface area contributed by atoms with Crippen molar-refractivity contribution in [2.75, 3.05) is 17.3 Å². The highest BCUT2D eigenvalue weighted by Gasteiger charge is 2.39. The first-order chi connectivity index (χ1) is 12.4. The molecule has 26 heavy (non-hydrogen) atoms. The summed E-state index contributed by atoms with van der Waals surface area (Å²) in [5, 5.41) is 2.69. The number of halogens is 2. The van der Waals surface area contributed by atoms with Crippen LogP contribution in [-0.4, -0.2) is 24.9 Å². The van der Waals surface area contributed by atoms with Gasteiger partial charge < -0.3 is 10.1 Å². The first-order valence-corrected chi connectivity index (χ1v) is 8.59. The minimum absolute atomic E-state index is 0.0133. The van der Waals surface area contributed by atoms with Crippen molar-refractivity contribution in [3.05, 3.63) is 69.3 Å². The van der Waals surface area contributed by atoms with Gasteiger partial charge >= 0.3 is 5.97 Å². The lowest BCUT2D eigenvalue weighted by Crippen LogP contribution is -2.32. The summed E-state index contributed by atoms with van der Waals surface area (Å²) in [6.07, 6.45) is 0. The van der Waals surface area contributed by atoms with Gasteiger partial charge in [-0.05, 0) is 52.3 Å². The fourth-order valence-corrected chi connectivity index (χ4v) is 3.00. The Morgan fingerprint density at radius 2 is 1.73 bits per heavy atom. The van der Waals surface area contributed by atoms with Crippen molar-refractivity contribution in [1.29, 1.82) is 0 Å². The summed E-state index contributed by atoms with van der Waals surface area (Å²) in [6, 6.07) is 13.0. The van der Waals surface area contributed by atoms with E-state index in [2.05, 4.69) is 26.0 Å². The van der Waals surface area contributed by atoms with Crippen LogP contribution >= 0.6 is 27.5 Å². The zero-order valence-corrected chi connectivity index (χ0v) is 15.8. The van der Waals surface area contributed by atoms with Gasteiger partial charge in [0, 0.05) is 4.47 Å². The number of methoxy groups -OCH3 is 1. The van der Waals surface area contributed by atoms with E-state index >= 15 is 0 Å². The first kappa shape index (κ1) is 18.2. The molecule has 0 saturated heterocycles. The number of carbonyl (C=O) groups is 3. The highest BCUT2D eigenvalue weighted by molar-refractivity contribution is 9.10. The van der Waals surface area contributed by atoms with Gasteiger partial charge in [0.05, 0.1) is 24.0 Å². The van der Waals surface area contributed by atoms with Crippen LogP contribution in [0.15, 0.2) is 63.7 Å². The number of hydrogen-bond acceptors (Lipinski definition) is 5. The molecule has 0 aromatic heterocycles. The largest absolute Gasteiger partial charge is 0.465 e. The van der Waals surface area contributed by atoms with Gasteiger partial charge in [-0.3, -0.25) is 9.59 Å². The second-order valence-corrected chi connectivity index (χ2v) is 6.51. The molecule has 3 rings (SSSR count). The second kappa shape index (κ2) is 7.31. The van der Waals surface area contributed by atoms with Crippen molar-refractivity contribution in [1.82, 2.24) is 0 Å². The molecule has 1 aliphatic rings. The summed E-state index contributed by atoms with van der Waals surface area (Å²) in [7, 11) is 1.27. The van der Waals surface area contributed by atoms with Gasteiger partial charge in [0.25, 0.3) is 11.8 Å². The van der Waals surface area contributed by atoms with Crippen molar-refractivity contribution in [2.24, 2.45) is 0 Å². The lowest BCUT2D eigenvalue weighted by atomic mass is 10.2. The highest BCUT2D eigenvalue weighted by atomic mass is 79.9. The van der Waals surface area contributed by atoms with E-state index in [1.807, 2.05) is 6.07 Å². The van der Waals surface area contributed by atoms with Crippen LogP contribution in [0.1, 0.15) is 10.4 Å². The third-order valence-electron chi connectivity index (χ3n) is 3.71. The predicted molar refractivity (Wildman–Crippen MR) is 101 cm³/mol. The Morgan fingerprint density at radius 1 is 1.08 bits per heavy atom. The summed E-state index contributed by atoms with van der Waals surface area (Å²) >= 11 is 9.46. The minimum atomic E-state index is -0.642. The van der Waals surface area contributed by atoms with E-state index in [9.17, 15) is 14.4 Å². The molecule has 132 valence electrons. The number of anilines is 2. The molecular weight excluding hydrogens is 424 g/mol. The molecule has 0 fully saturated rings. The minimum Gasteiger partial charge on any atom is -0.465 e. The molecular formula is C18H12BrClN2O4. The van der Waals surface area contributed by atoms with E-state index in [0.29, 0.717) is 16.9 Å². The van der Waals surface area contributed by atoms with Crippen molar-refractivity contribution >= 4 is 56.7 Å². The van der Waals surface area contributed by atoms with Crippen LogP contribution in [0.4, 0.5) is 11.4 Å². The van der Waals surface area contributed by atoms with Crippen LogP contribution in [-0.2, 0) is 14.3 Å². The van der Waals surface area contributed by atoms with Crippen molar-refractivity contribution in [2.45, 2.75) is 0 Å². The molecule has 0 aliphatic carbocycles. The molecule has 8 heteroatoms.